The van der Waals surface area contributed by atoms with Crippen molar-refractivity contribution in [3.8, 4) is 5.75 Å². The van der Waals surface area contributed by atoms with Crippen molar-refractivity contribution in [2.24, 2.45) is 23.1 Å². The van der Waals surface area contributed by atoms with E-state index in [1.807, 2.05) is 12.1 Å². The van der Waals surface area contributed by atoms with Crippen LogP contribution in [-0.4, -0.2) is 47.3 Å². The predicted molar refractivity (Wildman–Crippen MR) is 151 cm³/mol. The summed E-state index contributed by atoms with van der Waals surface area (Å²) >= 11 is 6.54. The van der Waals surface area contributed by atoms with Crippen molar-refractivity contribution in [3.05, 3.63) is 63.6 Å². The highest BCUT2D eigenvalue weighted by Gasteiger charge is 2.55. The zero-order valence-electron chi connectivity index (χ0n) is 22.6. The topological polar surface area (TPSA) is 139 Å². The van der Waals surface area contributed by atoms with Gasteiger partial charge in [-0.1, -0.05) is 11.6 Å². The third-order valence-electron chi connectivity index (χ3n) is 9.34. The van der Waals surface area contributed by atoms with Crippen LogP contribution in [0.2, 0.25) is 5.02 Å². The van der Waals surface area contributed by atoms with E-state index in [1.165, 1.54) is 6.07 Å². The fourth-order valence-electron chi connectivity index (χ4n) is 7.21. The molecule has 0 radical (unpaired) electrons. The molecule has 1 saturated carbocycles. The van der Waals surface area contributed by atoms with Crippen molar-refractivity contribution in [2.75, 3.05) is 19.7 Å². The number of carbonyl (C=O) groups excluding carboxylic acids is 2. The molecular weight excluding hydrogens is 549 g/mol. The molecule has 1 aromatic heterocycles. The van der Waals surface area contributed by atoms with E-state index < -0.39 is 29.6 Å². The highest BCUT2D eigenvalue weighted by atomic mass is 35.5. The summed E-state index contributed by atoms with van der Waals surface area (Å²) in [7, 11) is 0. The maximum Gasteiger partial charge on any atom is 0.404 e. The summed E-state index contributed by atoms with van der Waals surface area (Å²) < 4.78 is 28.0. The third kappa shape index (κ3) is 4.18. The van der Waals surface area contributed by atoms with Gasteiger partial charge in [0, 0.05) is 41.2 Å². The summed E-state index contributed by atoms with van der Waals surface area (Å²) in [5, 5.41) is 0.906. The normalized spacial score (nSPS) is 27.0. The van der Waals surface area contributed by atoms with Crippen LogP contribution in [0, 0.1) is 11.7 Å². The number of benzene rings is 2. The molecule has 216 valence electrons. The molecule has 2 aromatic carbocycles. The zero-order valence-corrected chi connectivity index (χ0v) is 23.3. The molecule has 0 spiro atoms. The molecule has 9 nitrogen and oxygen atoms in total. The molecule has 2 unspecified atom stereocenters. The van der Waals surface area contributed by atoms with Crippen molar-refractivity contribution < 1.29 is 23.5 Å². The molecule has 2 aliphatic heterocycles. The first-order chi connectivity index (χ1) is 19.7. The minimum Gasteiger partial charge on any atom is -0.493 e. The van der Waals surface area contributed by atoms with Crippen LogP contribution in [-0.2, 0) is 16.8 Å². The Morgan fingerprint density at radius 1 is 1.17 bits per heavy atom. The average Bonchev–Trinajstić information content (AvgIpc) is 3.66. The Kier molecular flexibility index (Phi) is 6.22. The number of nitrogens with zero attached hydrogens (tertiary/aromatic N) is 2. The molecule has 4 aliphatic rings. The summed E-state index contributed by atoms with van der Waals surface area (Å²) in [6, 6.07) is 8.08. The van der Waals surface area contributed by atoms with E-state index in [0.29, 0.717) is 61.7 Å². The molecule has 0 bridgehead atoms. The van der Waals surface area contributed by atoms with Gasteiger partial charge < -0.3 is 36.1 Å². The molecular formula is C30H33ClFN5O4. The number of hydrogen-bond donors (Lipinski definition) is 3. The first-order valence-corrected chi connectivity index (χ1v) is 14.6. The lowest BCUT2D eigenvalue weighted by Crippen LogP contribution is -2.49. The van der Waals surface area contributed by atoms with Crippen molar-refractivity contribution >= 4 is 34.5 Å². The standard InChI is InChI=1S/C30H33ClFN5O4/c31-25-21(32)6-5-16-12-23(37(26(16)25)13-15-3-4-15)30(35)20-7-9-40-22-11-17(10-19(24(20)22)27(30)33)28(38)36-8-1-2-18(14-36)41-29(34)39/h5-6,10-12,15,18,20,27H,1-4,7-9,13-14,33,35H2,(H2,34,39)/t18-,20?,27?,30+/m1/s1. The predicted octanol–water partition coefficient (Wildman–Crippen LogP) is 4.28. The van der Waals surface area contributed by atoms with Gasteiger partial charge in [-0.15, -0.1) is 0 Å². The van der Waals surface area contributed by atoms with E-state index in [0.717, 1.165) is 35.0 Å². The monoisotopic (exact) mass is 581 g/mol. The van der Waals surface area contributed by atoms with Crippen LogP contribution < -0.4 is 21.9 Å². The number of carbonyl (C=O) groups is 2. The second-order valence-electron chi connectivity index (χ2n) is 11.9. The number of fused-ring (bicyclic) bond motifs is 1. The molecule has 1 saturated heterocycles. The van der Waals surface area contributed by atoms with Crippen LogP contribution in [0.25, 0.3) is 10.9 Å². The summed E-state index contributed by atoms with van der Waals surface area (Å²) in [5.74, 6) is 0.270. The van der Waals surface area contributed by atoms with E-state index in [9.17, 15) is 14.0 Å². The van der Waals surface area contributed by atoms with Crippen molar-refractivity contribution in [2.45, 2.75) is 62.3 Å². The fourth-order valence-corrected chi connectivity index (χ4v) is 7.48. The molecule has 2 amide bonds. The Bertz CT molecular complexity index is 1590. The molecule has 6 N–H and O–H groups in total. The van der Waals surface area contributed by atoms with E-state index in [1.54, 1.807) is 17.0 Å². The molecule has 4 atom stereocenters. The summed E-state index contributed by atoms with van der Waals surface area (Å²) in [5.41, 5.74) is 22.3. The lowest BCUT2D eigenvalue weighted by atomic mass is 9.77. The average molecular weight is 582 g/mol. The molecule has 3 heterocycles. The third-order valence-corrected chi connectivity index (χ3v) is 9.70. The molecule has 7 rings (SSSR count). The molecule has 11 heteroatoms. The van der Waals surface area contributed by atoms with Crippen LogP contribution in [0.4, 0.5) is 9.18 Å². The number of hydrogen-bond acceptors (Lipinski definition) is 6. The van der Waals surface area contributed by atoms with Crippen LogP contribution in [0.15, 0.2) is 30.3 Å². The van der Waals surface area contributed by atoms with Gasteiger partial charge >= 0.3 is 6.09 Å². The van der Waals surface area contributed by atoms with Crippen LogP contribution in [0.1, 0.15) is 71.2 Å². The van der Waals surface area contributed by atoms with E-state index >= 15 is 0 Å². The number of piperidine rings is 1. The quantitative estimate of drug-likeness (QED) is 0.411. The first kappa shape index (κ1) is 26.6. The lowest BCUT2D eigenvalue weighted by molar-refractivity contribution is 0.0373. The van der Waals surface area contributed by atoms with Gasteiger partial charge in [-0.25, -0.2) is 9.18 Å². The summed E-state index contributed by atoms with van der Waals surface area (Å²) in [6.07, 6.45) is 2.91. The van der Waals surface area contributed by atoms with E-state index in [-0.39, 0.29) is 23.4 Å². The van der Waals surface area contributed by atoms with Gasteiger partial charge in [-0.3, -0.25) is 4.79 Å². The van der Waals surface area contributed by atoms with Gasteiger partial charge in [0.05, 0.1) is 30.2 Å². The summed E-state index contributed by atoms with van der Waals surface area (Å²) in [6.45, 7) is 1.92. The fraction of sp³-hybridized carbons (Fsp3) is 0.467. The highest BCUT2D eigenvalue weighted by molar-refractivity contribution is 6.35. The van der Waals surface area contributed by atoms with Gasteiger partial charge in [0.25, 0.3) is 5.91 Å². The molecule has 2 aliphatic carbocycles. The number of likely N-dealkylation sites (tertiary alicyclic amines) is 1. The van der Waals surface area contributed by atoms with Gasteiger partial charge in [0.1, 0.15) is 22.7 Å². The number of primary amides is 1. The maximum atomic E-state index is 14.6. The van der Waals surface area contributed by atoms with Crippen molar-refractivity contribution in [1.29, 1.82) is 0 Å². The van der Waals surface area contributed by atoms with Crippen LogP contribution in [0.5, 0.6) is 5.75 Å². The van der Waals surface area contributed by atoms with Crippen molar-refractivity contribution in [1.82, 2.24) is 9.47 Å². The highest BCUT2D eigenvalue weighted by Crippen LogP contribution is 2.58. The number of aromatic nitrogens is 1. The number of ether oxygens (including phenoxy) is 2. The molecule has 41 heavy (non-hydrogen) atoms. The minimum absolute atomic E-state index is 0.0859. The van der Waals surface area contributed by atoms with Gasteiger partial charge in [0.2, 0.25) is 0 Å². The van der Waals surface area contributed by atoms with Gasteiger partial charge in [-0.2, -0.15) is 0 Å². The minimum atomic E-state index is -1.03. The Morgan fingerprint density at radius 3 is 2.73 bits per heavy atom. The number of amides is 2. The zero-order chi connectivity index (χ0) is 28.6. The number of rotatable bonds is 5. The van der Waals surface area contributed by atoms with Crippen LogP contribution in [0.3, 0.4) is 0 Å². The second-order valence-corrected chi connectivity index (χ2v) is 12.3. The lowest BCUT2D eigenvalue weighted by Gasteiger charge is -2.38. The Hall–Kier alpha value is -3.34. The van der Waals surface area contributed by atoms with Crippen LogP contribution >= 0.6 is 11.6 Å². The number of nitrogens with two attached hydrogens (primary N) is 3. The molecule has 2 fully saturated rings. The van der Waals surface area contributed by atoms with E-state index in [4.69, 9.17) is 38.3 Å². The molecule has 3 aromatic rings. The SMILES string of the molecule is NC(=O)O[C@@H]1CCCN(C(=O)c2cc3c4c(c2)C(N)[C@@](N)(c2cc5ccc(F)c(Cl)c5n2CC2CC2)C4CCO3)C1. The first-order valence-electron chi connectivity index (χ1n) is 14.2. The smallest absolute Gasteiger partial charge is 0.404 e. The number of halogens is 2. The van der Waals surface area contributed by atoms with Gasteiger partial charge in [-0.05, 0) is 73.9 Å². The Morgan fingerprint density at radius 2 is 1.98 bits per heavy atom. The Balaban J connectivity index is 1.30. The Labute approximate surface area is 241 Å². The van der Waals surface area contributed by atoms with E-state index in [2.05, 4.69) is 4.57 Å². The maximum absolute atomic E-state index is 14.6. The second kappa shape index (κ2) is 9.61. The largest absolute Gasteiger partial charge is 0.493 e. The van der Waals surface area contributed by atoms with Gasteiger partial charge in [0.15, 0.2) is 0 Å². The van der Waals surface area contributed by atoms with Crippen molar-refractivity contribution in [3.63, 3.8) is 0 Å². The summed E-state index contributed by atoms with van der Waals surface area (Å²) in [4.78, 5) is 26.6.